The molecule has 1 N–H and O–H groups in total. The summed E-state index contributed by atoms with van der Waals surface area (Å²) in [6.07, 6.45) is 0.0628. The number of halogens is 2. The second-order valence-electron chi connectivity index (χ2n) is 4.14. The monoisotopic (exact) mass is 243 g/mol. The lowest BCUT2D eigenvalue weighted by Gasteiger charge is -2.20. The summed E-state index contributed by atoms with van der Waals surface area (Å²) in [7, 11) is 0. The van der Waals surface area contributed by atoms with Crippen LogP contribution in [0, 0.1) is 11.6 Å². The SMILES string of the molecule is CCNC(COC(C)C)c1cccc(F)c1F. The summed E-state index contributed by atoms with van der Waals surface area (Å²) >= 11 is 0. The number of benzene rings is 1. The first-order chi connectivity index (χ1) is 8.06. The van der Waals surface area contributed by atoms with E-state index in [1.165, 1.54) is 6.07 Å². The van der Waals surface area contributed by atoms with Gasteiger partial charge in [0, 0.05) is 5.56 Å². The van der Waals surface area contributed by atoms with Gasteiger partial charge in [0.05, 0.1) is 18.8 Å². The number of likely N-dealkylation sites (N-methyl/N-ethyl adjacent to an activating group) is 1. The Balaban J connectivity index is 2.85. The van der Waals surface area contributed by atoms with Gasteiger partial charge in [-0.15, -0.1) is 0 Å². The van der Waals surface area contributed by atoms with Crippen LogP contribution in [0.4, 0.5) is 8.78 Å². The first kappa shape index (κ1) is 14.1. The van der Waals surface area contributed by atoms with E-state index >= 15 is 0 Å². The van der Waals surface area contributed by atoms with Crippen molar-refractivity contribution in [3.63, 3.8) is 0 Å². The Bertz CT molecular complexity index is 355. The molecule has 1 unspecified atom stereocenters. The van der Waals surface area contributed by atoms with E-state index in [0.29, 0.717) is 18.7 Å². The number of rotatable bonds is 6. The molecule has 96 valence electrons. The van der Waals surface area contributed by atoms with Crippen LogP contribution in [0.1, 0.15) is 32.4 Å². The summed E-state index contributed by atoms with van der Waals surface area (Å²) in [4.78, 5) is 0. The molecular formula is C13H19F2NO. The Morgan fingerprint density at radius 2 is 2.00 bits per heavy atom. The maximum Gasteiger partial charge on any atom is 0.163 e. The zero-order chi connectivity index (χ0) is 12.8. The van der Waals surface area contributed by atoms with E-state index in [2.05, 4.69) is 5.32 Å². The third-order valence-corrected chi connectivity index (χ3v) is 2.40. The van der Waals surface area contributed by atoms with E-state index in [9.17, 15) is 8.78 Å². The molecule has 1 rings (SSSR count). The Morgan fingerprint density at radius 1 is 1.29 bits per heavy atom. The molecule has 0 fully saturated rings. The summed E-state index contributed by atoms with van der Waals surface area (Å²) in [6, 6.07) is 3.88. The summed E-state index contributed by atoms with van der Waals surface area (Å²) in [5, 5.41) is 3.09. The lowest BCUT2D eigenvalue weighted by atomic mass is 10.1. The molecule has 0 aliphatic rings. The molecule has 0 saturated heterocycles. The summed E-state index contributed by atoms with van der Waals surface area (Å²) < 4.78 is 32.2. The van der Waals surface area contributed by atoms with E-state index in [-0.39, 0.29) is 12.1 Å². The van der Waals surface area contributed by atoms with Gasteiger partial charge in [0.2, 0.25) is 0 Å². The molecule has 4 heteroatoms. The van der Waals surface area contributed by atoms with Gasteiger partial charge in [-0.1, -0.05) is 19.1 Å². The minimum absolute atomic E-state index is 0.0628. The second-order valence-corrected chi connectivity index (χ2v) is 4.14. The van der Waals surface area contributed by atoms with Gasteiger partial charge in [-0.3, -0.25) is 0 Å². The van der Waals surface area contributed by atoms with Crippen LogP contribution in [0.25, 0.3) is 0 Å². The Labute approximate surface area is 101 Å². The van der Waals surface area contributed by atoms with E-state index < -0.39 is 11.6 Å². The summed E-state index contributed by atoms with van der Waals surface area (Å²) in [6.45, 7) is 6.73. The highest BCUT2D eigenvalue weighted by atomic mass is 19.2. The third kappa shape index (κ3) is 4.06. The lowest BCUT2D eigenvalue weighted by molar-refractivity contribution is 0.0606. The normalized spacial score (nSPS) is 13.1. The Kier molecular flexibility index (Phi) is 5.51. The fourth-order valence-electron chi connectivity index (χ4n) is 1.58. The van der Waals surface area contributed by atoms with Gasteiger partial charge in [-0.2, -0.15) is 0 Å². The van der Waals surface area contributed by atoms with Crippen LogP contribution >= 0.6 is 0 Å². The van der Waals surface area contributed by atoms with Crippen molar-refractivity contribution in [1.82, 2.24) is 5.32 Å². The molecule has 0 bridgehead atoms. The van der Waals surface area contributed by atoms with E-state index in [1.807, 2.05) is 20.8 Å². The fraction of sp³-hybridized carbons (Fsp3) is 0.538. The van der Waals surface area contributed by atoms with Gasteiger partial charge >= 0.3 is 0 Å². The highest BCUT2D eigenvalue weighted by Crippen LogP contribution is 2.20. The predicted molar refractivity (Wildman–Crippen MR) is 63.9 cm³/mol. The van der Waals surface area contributed by atoms with Crippen molar-refractivity contribution in [3.8, 4) is 0 Å². The first-order valence-corrected chi connectivity index (χ1v) is 5.85. The van der Waals surface area contributed by atoms with Gasteiger partial charge in [0.25, 0.3) is 0 Å². The second kappa shape index (κ2) is 6.67. The maximum atomic E-state index is 13.6. The molecular weight excluding hydrogens is 224 g/mol. The molecule has 17 heavy (non-hydrogen) atoms. The third-order valence-electron chi connectivity index (χ3n) is 2.40. The topological polar surface area (TPSA) is 21.3 Å². The van der Waals surface area contributed by atoms with Crippen LogP contribution < -0.4 is 5.32 Å². The lowest BCUT2D eigenvalue weighted by Crippen LogP contribution is -2.27. The van der Waals surface area contributed by atoms with Crippen LogP contribution in [0.2, 0.25) is 0 Å². The van der Waals surface area contributed by atoms with Gasteiger partial charge in [-0.05, 0) is 26.5 Å². The zero-order valence-corrected chi connectivity index (χ0v) is 10.5. The van der Waals surface area contributed by atoms with Crippen molar-refractivity contribution < 1.29 is 13.5 Å². The van der Waals surface area contributed by atoms with E-state index in [0.717, 1.165) is 6.07 Å². The van der Waals surface area contributed by atoms with Crippen LogP contribution in [-0.2, 0) is 4.74 Å². The number of ether oxygens (including phenoxy) is 1. The highest BCUT2D eigenvalue weighted by Gasteiger charge is 2.17. The molecule has 0 aliphatic carbocycles. The number of hydrogen-bond acceptors (Lipinski definition) is 2. The molecule has 0 amide bonds. The first-order valence-electron chi connectivity index (χ1n) is 5.85. The molecule has 0 heterocycles. The van der Waals surface area contributed by atoms with Crippen molar-refractivity contribution in [1.29, 1.82) is 0 Å². The van der Waals surface area contributed by atoms with Crippen LogP contribution in [-0.4, -0.2) is 19.3 Å². The summed E-state index contributed by atoms with van der Waals surface area (Å²) in [5.41, 5.74) is 0.313. The molecule has 1 atom stereocenters. The van der Waals surface area contributed by atoms with Crippen molar-refractivity contribution in [3.05, 3.63) is 35.4 Å². The van der Waals surface area contributed by atoms with Gasteiger partial charge < -0.3 is 10.1 Å². The molecule has 1 aromatic carbocycles. The molecule has 0 aliphatic heterocycles. The maximum absolute atomic E-state index is 13.6. The molecule has 0 radical (unpaired) electrons. The standard InChI is InChI=1S/C13H19F2NO/c1-4-16-12(8-17-9(2)3)10-6-5-7-11(14)13(10)15/h5-7,9,12,16H,4,8H2,1-3H3. The zero-order valence-electron chi connectivity index (χ0n) is 10.5. The van der Waals surface area contributed by atoms with Crippen LogP contribution in [0.15, 0.2) is 18.2 Å². The average molecular weight is 243 g/mol. The largest absolute Gasteiger partial charge is 0.377 e. The van der Waals surface area contributed by atoms with Crippen LogP contribution in [0.3, 0.4) is 0 Å². The molecule has 1 aromatic rings. The number of hydrogen-bond donors (Lipinski definition) is 1. The van der Waals surface area contributed by atoms with Gasteiger partial charge in [-0.25, -0.2) is 8.78 Å². The fourth-order valence-corrected chi connectivity index (χ4v) is 1.58. The van der Waals surface area contributed by atoms with Crippen molar-refractivity contribution in [2.75, 3.05) is 13.2 Å². The quantitative estimate of drug-likeness (QED) is 0.829. The molecule has 0 aromatic heterocycles. The highest BCUT2D eigenvalue weighted by molar-refractivity contribution is 5.22. The molecule has 0 spiro atoms. The van der Waals surface area contributed by atoms with Gasteiger partial charge in [0.15, 0.2) is 11.6 Å². The predicted octanol–water partition coefficient (Wildman–Crippen LogP) is 3.04. The molecule has 2 nitrogen and oxygen atoms in total. The Morgan fingerprint density at radius 3 is 2.59 bits per heavy atom. The minimum atomic E-state index is -0.824. The minimum Gasteiger partial charge on any atom is -0.377 e. The Hall–Kier alpha value is -1.00. The summed E-state index contributed by atoms with van der Waals surface area (Å²) in [5.74, 6) is -1.62. The van der Waals surface area contributed by atoms with Gasteiger partial charge in [0.1, 0.15) is 0 Å². The van der Waals surface area contributed by atoms with E-state index in [4.69, 9.17) is 4.74 Å². The average Bonchev–Trinajstić information content (AvgIpc) is 2.28. The smallest absolute Gasteiger partial charge is 0.163 e. The van der Waals surface area contributed by atoms with Crippen molar-refractivity contribution >= 4 is 0 Å². The van der Waals surface area contributed by atoms with Crippen LogP contribution in [0.5, 0.6) is 0 Å². The molecule has 0 saturated carbocycles. The van der Waals surface area contributed by atoms with Crippen molar-refractivity contribution in [2.45, 2.75) is 32.9 Å². The number of nitrogens with one attached hydrogen (secondary N) is 1. The van der Waals surface area contributed by atoms with E-state index in [1.54, 1.807) is 6.07 Å². The van der Waals surface area contributed by atoms with Crippen molar-refractivity contribution in [2.24, 2.45) is 0 Å².